The van der Waals surface area contributed by atoms with Crippen LogP contribution in [0.3, 0.4) is 0 Å². The topological polar surface area (TPSA) is 74.2 Å². The van der Waals surface area contributed by atoms with Crippen molar-refractivity contribution in [3.05, 3.63) is 47.7 Å². The minimum atomic E-state index is -0.190. The van der Waals surface area contributed by atoms with Gasteiger partial charge in [0.1, 0.15) is 11.6 Å². The quantitative estimate of drug-likeness (QED) is 0.754. The number of pyridine rings is 1. The van der Waals surface area contributed by atoms with Gasteiger partial charge in [0.15, 0.2) is 0 Å². The predicted molar refractivity (Wildman–Crippen MR) is 81.7 cm³/mol. The molecule has 21 heavy (non-hydrogen) atoms. The van der Waals surface area contributed by atoms with Crippen molar-refractivity contribution in [1.29, 1.82) is 0 Å². The van der Waals surface area contributed by atoms with E-state index in [-0.39, 0.29) is 11.7 Å². The molecule has 5 heteroatoms. The third kappa shape index (κ3) is 3.31. The first-order valence-electron chi connectivity index (χ1n) is 6.95. The van der Waals surface area contributed by atoms with Crippen molar-refractivity contribution in [3.63, 3.8) is 0 Å². The van der Waals surface area contributed by atoms with Crippen LogP contribution in [0.4, 0.5) is 11.5 Å². The van der Waals surface area contributed by atoms with Gasteiger partial charge >= 0.3 is 0 Å². The summed E-state index contributed by atoms with van der Waals surface area (Å²) in [5.74, 6) is 0.725. The lowest BCUT2D eigenvalue weighted by molar-refractivity contribution is 0.102. The molecule has 3 N–H and O–H groups in total. The summed E-state index contributed by atoms with van der Waals surface area (Å²) in [5, 5.41) is 15.5. The van der Waals surface area contributed by atoms with Crippen LogP contribution < -0.4 is 10.6 Å². The molecule has 108 valence electrons. The first kappa shape index (κ1) is 13.4. The van der Waals surface area contributed by atoms with E-state index >= 15 is 0 Å². The van der Waals surface area contributed by atoms with Crippen LogP contribution in [0.1, 0.15) is 28.8 Å². The molecule has 1 aromatic carbocycles. The Bertz CT molecular complexity index is 681. The zero-order chi connectivity index (χ0) is 14.8. The molecule has 0 bridgehead atoms. The number of phenols is 1. The van der Waals surface area contributed by atoms with E-state index in [0.717, 1.165) is 24.2 Å². The van der Waals surface area contributed by atoms with Gasteiger partial charge in [0.2, 0.25) is 0 Å². The van der Waals surface area contributed by atoms with Crippen molar-refractivity contribution in [2.45, 2.75) is 25.8 Å². The second-order valence-electron chi connectivity index (χ2n) is 5.30. The molecule has 0 spiro atoms. The van der Waals surface area contributed by atoms with Crippen LogP contribution in [0.15, 0.2) is 36.5 Å². The smallest absolute Gasteiger partial charge is 0.255 e. The molecule has 0 atom stereocenters. The number of rotatable bonds is 4. The zero-order valence-corrected chi connectivity index (χ0v) is 11.8. The number of aryl methyl sites for hydroxylation is 1. The fourth-order valence-electron chi connectivity index (χ4n) is 2.07. The normalized spacial score (nSPS) is 13.8. The Balaban J connectivity index is 1.75. The third-order valence-corrected chi connectivity index (χ3v) is 3.41. The largest absolute Gasteiger partial charge is 0.508 e. The van der Waals surface area contributed by atoms with Crippen molar-refractivity contribution >= 4 is 17.4 Å². The fraction of sp³-hybridized carbons (Fsp3) is 0.250. The van der Waals surface area contributed by atoms with Crippen molar-refractivity contribution in [2.75, 3.05) is 10.6 Å². The molecule has 1 aromatic heterocycles. The minimum Gasteiger partial charge on any atom is -0.508 e. The standard InChI is InChI=1S/C16H17N3O2/c1-10-8-13(20)4-5-14(10)19-16(21)11-6-7-17-15(9-11)18-12-2-3-12/h4-9,12,20H,2-3H2,1H3,(H,17,18)(H,19,21). The van der Waals surface area contributed by atoms with Crippen molar-refractivity contribution < 1.29 is 9.90 Å². The molecular formula is C16H17N3O2. The second kappa shape index (κ2) is 5.44. The van der Waals surface area contributed by atoms with Crippen LogP contribution >= 0.6 is 0 Å². The van der Waals surface area contributed by atoms with Gasteiger partial charge in [-0.3, -0.25) is 4.79 Å². The summed E-state index contributed by atoms with van der Waals surface area (Å²) in [7, 11) is 0. The SMILES string of the molecule is Cc1cc(O)ccc1NC(=O)c1ccnc(NC2CC2)c1. The first-order valence-corrected chi connectivity index (χ1v) is 6.95. The molecule has 3 rings (SSSR count). The number of carbonyl (C=O) groups is 1. The van der Waals surface area contributed by atoms with Crippen LogP contribution in [-0.4, -0.2) is 22.0 Å². The Morgan fingerprint density at radius 1 is 1.29 bits per heavy atom. The van der Waals surface area contributed by atoms with Gasteiger partial charge in [-0.05, 0) is 55.7 Å². The first-order chi connectivity index (χ1) is 10.1. The van der Waals surface area contributed by atoms with E-state index in [9.17, 15) is 9.90 Å². The van der Waals surface area contributed by atoms with Gasteiger partial charge in [-0.1, -0.05) is 0 Å². The van der Waals surface area contributed by atoms with Gasteiger partial charge in [-0.25, -0.2) is 4.98 Å². The zero-order valence-electron chi connectivity index (χ0n) is 11.8. The molecule has 0 unspecified atom stereocenters. The second-order valence-corrected chi connectivity index (χ2v) is 5.30. The highest BCUT2D eigenvalue weighted by molar-refractivity contribution is 6.05. The minimum absolute atomic E-state index is 0.185. The van der Waals surface area contributed by atoms with Crippen LogP contribution in [0, 0.1) is 6.92 Å². The lowest BCUT2D eigenvalue weighted by atomic mass is 10.1. The van der Waals surface area contributed by atoms with E-state index in [1.807, 2.05) is 6.92 Å². The van der Waals surface area contributed by atoms with Gasteiger partial charge in [0.25, 0.3) is 5.91 Å². The van der Waals surface area contributed by atoms with E-state index in [1.54, 1.807) is 36.5 Å². The number of hydrogen-bond donors (Lipinski definition) is 3. The van der Waals surface area contributed by atoms with Gasteiger partial charge < -0.3 is 15.7 Å². The lowest BCUT2D eigenvalue weighted by Gasteiger charge is -2.10. The fourth-order valence-corrected chi connectivity index (χ4v) is 2.07. The molecule has 1 fully saturated rings. The summed E-state index contributed by atoms with van der Waals surface area (Å²) in [4.78, 5) is 16.5. The van der Waals surface area contributed by atoms with E-state index in [0.29, 0.717) is 17.3 Å². The Morgan fingerprint density at radius 3 is 2.81 bits per heavy atom. The van der Waals surface area contributed by atoms with Crippen LogP contribution in [-0.2, 0) is 0 Å². The summed E-state index contributed by atoms with van der Waals surface area (Å²) in [6, 6.07) is 8.78. The number of hydrogen-bond acceptors (Lipinski definition) is 4. The molecule has 0 saturated heterocycles. The van der Waals surface area contributed by atoms with Gasteiger partial charge in [-0.2, -0.15) is 0 Å². The van der Waals surface area contributed by atoms with Crippen molar-refractivity contribution in [2.24, 2.45) is 0 Å². The van der Waals surface area contributed by atoms with Gasteiger partial charge in [-0.15, -0.1) is 0 Å². The summed E-state index contributed by atoms with van der Waals surface area (Å²) >= 11 is 0. The van der Waals surface area contributed by atoms with Crippen molar-refractivity contribution in [1.82, 2.24) is 4.98 Å². The Morgan fingerprint density at radius 2 is 2.10 bits per heavy atom. The molecule has 0 aliphatic heterocycles. The highest BCUT2D eigenvalue weighted by atomic mass is 16.3. The van der Waals surface area contributed by atoms with Crippen LogP contribution in [0.25, 0.3) is 0 Å². The number of aromatic hydroxyl groups is 1. The molecule has 1 heterocycles. The number of benzene rings is 1. The molecule has 2 aromatic rings. The highest BCUT2D eigenvalue weighted by Crippen LogP contribution is 2.24. The Kier molecular flexibility index (Phi) is 3.48. The van der Waals surface area contributed by atoms with Gasteiger partial charge in [0.05, 0.1) is 0 Å². The van der Waals surface area contributed by atoms with E-state index < -0.39 is 0 Å². The Labute approximate surface area is 123 Å². The number of anilines is 2. The third-order valence-electron chi connectivity index (χ3n) is 3.41. The molecule has 1 saturated carbocycles. The number of phenolic OH excluding ortho intramolecular Hbond substituents is 1. The summed E-state index contributed by atoms with van der Waals surface area (Å²) in [6.07, 6.45) is 3.94. The van der Waals surface area contributed by atoms with E-state index in [4.69, 9.17) is 0 Å². The van der Waals surface area contributed by atoms with Crippen LogP contribution in [0.5, 0.6) is 5.75 Å². The summed E-state index contributed by atoms with van der Waals surface area (Å²) in [6.45, 7) is 1.84. The molecule has 1 amide bonds. The number of nitrogens with zero attached hydrogens (tertiary/aromatic N) is 1. The maximum absolute atomic E-state index is 12.3. The maximum Gasteiger partial charge on any atom is 0.255 e. The van der Waals surface area contributed by atoms with Gasteiger partial charge in [0, 0.05) is 23.5 Å². The van der Waals surface area contributed by atoms with E-state index in [2.05, 4.69) is 15.6 Å². The average Bonchev–Trinajstić information content (AvgIpc) is 3.26. The number of amides is 1. The monoisotopic (exact) mass is 283 g/mol. The summed E-state index contributed by atoms with van der Waals surface area (Å²) < 4.78 is 0. The molecule has 1 aliphatic rings. The number of nitrogens with one attached hydrogen (secondary N) is 2. The number of aromatic nitrogens is 1. The predicted octanol–water partition coefficient (Wildman–Crippen LogP) is 2.92. The Hall–Kier alpha value is -2.56. The molecule has 5 nitrogen and oxygen atoms in total. The molecular weight excluding hydrogens is 266 g/mol. The van der Waals surface area contributed by atoms with Crippen LogP contribution in [0.2, 0.25) is 0 Å². The molecule has 0 radical (unpaired) electrons. The highest BCUT2D eigenvalue weighted by Gasteiger charge is 2.21. The average molecular weight is 283 g/mol. The molecule has 1 aliphatic carbocycles. The lowest BCUT2D eigenvalue weighted by Crippen LogP contribution is -2.13. The number of carbonyl (C=O) groups excluding carboxylic acids is 1. The van der Waals surface area contributed by atoms with E-state index in [1.165, 1.54) is 0 Å². The summed E-state index contributed by atoms with van der Waals surface area (Å²) in [5.41, 5.74) is 2.06. The van der Waals surface area contributed by atoms with Crippen molar-refractivity contribution in [3.8, 4) is 5.75 Å². The maximum atomic E-state index is 12.3.